The molecule has 32 heavy (non-hydrogen) atoms. The van der Waals surface area contributed by atoms with Crippen molar-refractivity contribution in [2.24, 2.45) is 11.8 Å². The average Bonchev–Trinajstić information content (AvgIpc) is 3.02. The van der Waals surface area contributed by atoms with Crippen LogP contribution >= 0.6 is 0 Å². The van der Waals surface area contributed by atoms with Gasteiger partial charge in [0.2, 0.25) is 11.8 Å². The smallest absolute Gasteiger partial charge is 0.313 e. The number of unbranched alkanes of at least 4 members (excludes halogenated alkanes) is 3. The van der Waals surface area contributed by atoms with E-state index in [0.29, 0.717) is 32.5 Å². The third-order valence-corrected chi connectivity index (χ3v) is 7.23. The second-order valence-electron chi connectivity index (χ2n) is 9.39. The van der Waals surface area contributed by atoms with Crippen LogP contribution in [-0.2, 0) is 23.9 Å². The largest absolute Gasteiger partial charge is 0.461 e. The molecule has 8 nitrogen and oxygen atoms in total. The van der Waals surface area contributed by atoms with Crippen molar-refractivity contribution >= 4 is 17.8 Å². The van der Waals surface area contributed by atoms with Crippen LogP contribution in [0.5, 0.6) is 0 Å². The summed E-state index contributed by atoms with van der Waals surface area (Å²) in [7, 11) is 0. The molecule has 1 N–H and O–H groups in total. The van der Waals surface area contributed by atoms with Crippen LogP contribution in [0.3, 0.4) is 0 Å². The third-order valence-electron chi connectivity index (χ3n) is 7.23. The molecule has 0 saturated carbocycles. The van der Waals surface area contributed by atoms with Crippen LogP contribution in [-0.4, -0.2) is 82.8 Å². The van der Waals surface area contributed by atoms with E-state index in [9.17, 15) is 14.4 Å². The maximum atomic E-state index is 13.8. The molecule has 8 heteroatoms. The van der Waals surface area contributed by atoms with Crippen molar-refractivity contribution < 1.29 is 29.0 Å². The van der Waals surface area contributed by atoms with Crippen LogP contribution in [0, 0.1) is 11.8 Å². The molecule has 4 aliphatic heterocycles. The van der Waals surface area contributed by atoms with Crippen LogP contribution in [0.15, 0.2) is 24.3 Å². The highest BCUT2D eigenvalue weighted by Crippen LogP contribution is 2.57. The maximum absolute atomic E-state index is 13.8. The molecule has 0 bridgehead atoms. The number of fused-ring (bicyclic) bond motifs is 2. The van der Waals surface area contributed by atoms with E-state index in [4.69, 9.17) is 14.6 Å². The van der Waals surface area contributed by atoms with Crippen LogP contribution in [0.25, 0.3) is 0 Å². The Balaban J connectivity index is 1.75. The standard InChI is InChI=1S/C24H34N2O6/c1-3-4-12-25-13-8-11-24-17(18-22(30)31-16-9-10-23(18,2)32-24)20(28)26(19(24)21(25)29)14-6-5-7-15-27/h8-11,17-19,27H,3-7,12-16H2,1-2H3/t17-,18-,19?,23+,24-/m0/s1. The van der Waals surface area contributed by atoms with Gasteiger partial charge in [0.1, 0.15) is 24.2 Å². The first-order valence-corrected chi connectivity index (χ1v) is 11.8. The van der Waals surface area contributed by atoms with Crippen LogP contribution in [0.1, 0.15) is 46.0 Å². The summed E-state index contributed by atoms with van der Waals surface area (Å²) >= 11 is 0. The predicted molar refractivity (Wildman–Crippen MR) is 116 cm³/mol. The Morgan fingerprint density at radius 1 is 1.03 bits per heavy atom. The number of aliphatic hydroxyl groups excluding tert-OH is 1. The normalized spacial score (nSPS) is 36.0. The fourth-order valence-corrected chi connectivity index (χ4v) is 5.76. The van der Waals surface area contributed by atoms with Gasteiger partial charge in [-0.05, 0) is 38.7 Å². The molecule has 0 aromatic carbocycles. The van der Waals surface area contributed by atoms with E-state index in [1.807, 2.05) is 25.2 Å². The molecule has 0 aromatic rings. The fraction of sp³-hybridized carbons (Fsp3) is 0.708. The minimum atomic E-state index is -1.20. The second kappa shape index (κ2) is 8.98. The van der Waals surface area contributed by atoms with Gasteiger partial charge in [0.25, 0.3) is 0 Å². The monoisotopic (exact) mass is 446 g/mol. The summed E-state index contributed by atoms with van der Waals surface area (Å²) < 4.78 is 12.0. The number of esters is 1. The Kier molecular flexibility index (Phi) is 6.45. The highest BCUT2D eigenvalue weighted by molar-refractivity contribution is 5.99. The Bertz CT molecular complexity index is 825. The van der Waals surface area contributed by atoms with Crippen molar-refractivity contribution in [1.82, 2.24) is 9.80 Å². The summed E-state index contributed by atoms with van der Waals surface area (Å²) in [5, 5.41) is 9.11. The molecule has 2 saturated heterocycles. The Morgan fingerprint density at radius 3 is 2.59 bits per heavy atom. The average molecular weight is 447 g/mol. The topological polar surface area (TPSA) is 96.4 Å². The van der Waals surface area contributed by atoms with Crippen molar-refractivity contribution in [2.75, 3.05) is 32.8 Å². The molecular formula is C24H34N2O6. The van der Waals surface area contributed by atoms with Gasteiger partial charge in [0, 0.05) is 26.2 Å². The lowest BCUT2D eigenvalue weighted by atomic mass is 9.75. The van der Waals surface area contributed by atoms with Crippen molar-refractivity contribution in [3.05, 3.63) is 24.3 Å². The van der Waals surface area contributed by atoms with Gasteiger partial charge in [-0.25, -0.2) is 0 Å². The molecular weight excluding hydrogens is 412 g/mol. The minimum Gasteiger partial charge on any atom is -0.461 e. The zero-order valence-corrected chi connectivity index (χ0v) is 19.0. The number of amides is 2. The van der Waals surface area contributed by atoms with Crippen molar-refractivity contribution in [2.45, 2.75) is 63.2 Å². The van der Waals surface area contributed by atoms with Gasteiger partial charge in [0.15, 0.2) is 0 Å². The van der Waals surface area contributed by atoms with Gasteiger partial charge in [0.05, 0.1) is 11.5 Å². The lowest BCUT2D eigenvalue weighted by Gasteiger charge is -2.37. The zero-order valence-electron chi connectivity index (χ0n) is 19.0. The Morgan fingerprint density at radius 2 is 1.84 bits per heavy atom. The van der Waals surface area contributed by atoms with Crippen LogP contribution in [0.4, 0.5) is 0 Å². The summed E-state index contributed by atoms with van der Waals surface area (Å²) in [4.78, 5) is 44.0. The lowest BCUT2D eigenvalue weighted by molar-refractivity contribution is -0.157. The SMILES string of the molecule is CCCCN1CC=C[C@]23O[C@]4(C)C=CCOC(=O)[C@@H]4[C@H]2C(=O)N(CCCCCO)C3C1=O. The number of hydrogen-bond acceptors (Lipinski definition) is 6. The molecule has 0 aromatic heterocycles. The summed E-state index contributed by atoms with van der Waals surface area (Å²) in [5.74, 6) is -2.43. The predicted octanol–water partition coefficient (Wildman–Crippen LogP) is 1.43. The number of likely N-dealkylation sites (tertiary alicyclic amines) is 1. The van der Waals surface area contributed by atoms with Gasteiger partial charge in [-0.2, -0.15) is 0 Å². The number of carbonyl (C=O) groups excluding carboxylic acids is 3. The van der Waals surface area contributed by atoms with E-state index in [0.717, 1.165) is 19.3 Å². The summed E-state index contributed by atoms with van der Waals surface area (Å²) in [6.45, 7) is 5.60. The molecule has 1 unspecified atom stereocenters. The van der Waals surface area contributed by atoms with Crippen molar-refractivity contribution in [1.29, 1.82) is 0 Å². The first-order chi connectivity index (χ1) is 15.4. The second-order valence-corrected chi connectivity index (χ2v) is 9.39. The molecule has 4 rings (SSSR count). The third kappa shape index (κ3) is 3.57. The van der Waals surface area contributed by atoms with Crippen molar-refractivity contribution in [3.8, 4) is 0 Å². The molecule has 4 aliphatic rings. The van der Waals surface area contributed by atoms with E-state index in [1.54, 1.807) is 15.9 Å². The number of carbonyl (C=O) groups is 3. The first-order valence-electron chi connectivity index (χ1n) is 11.8. The molecule has 1 spiro atoms. The van der Waals surface area contributed by atoms with Gasteiger partial charge in [-0.3, -0.25) is 14.4 Å². The first kappa shape index (κ1) is 23.0. The maximum Gasteiger partial charge on any atom is 0.313 e. The number of aliphatic hydroxyl groups is 1. The lowest BCUT2D eigenvalue weighted by Crippen LogP contribution is -2.56. The number of hydrogen-bond donors (Lipinski definition) is 1. The highest BCUT2D eigenvalue weighted by atomic mass is 16.6. The number of rotatable bonds is 8. The van der Waals surface area contributed by atoms with Gasteiger partial charge in [-0.15, -0.1) is 0 Å². The summed E-state index contributed by atoms with van der Waals surface area (Å²) in [6, 6.07) is -0.810. The van der Waals surface area contributed by atoms with Gasteiger partial charge < -0.3 is 24.4 Å². The molecule has 4 heterocycles. The van der Waals surface area contributed by atoms with E-state index >= 15 is 0 Å². The Labute approximate surface area is 189 Å². The van der Waals surface area contributed by atoms with Crippen LogP contribution in [0.2, 0.25) is 0 Å². The number of cyclic esters (lactones) is 1. The summed E-state index contributed by atoms with van der Waals surface area (Å²) in [6.07, 6.45) is 11.2. The van der Waals surface area contributed by atoms with Gasteiger partial charge in [-0.1, -0.05) is 31.6 Å². The molecule has 0 radical (unpaired) electrons. The van der Waals surface area contributed by atoms with E-state index in [1.165, 1.54) is 0 Å². The molecule has 0 aliphatic carbocycles. The minimum absolute atomic E-state index is 0.0954. The van der Waals surface area contributed by atoms with Gasteiger partial charge >= 0.3 is 5.97 Å². The number of ether oxygens (including phenoxy) is 2. The zero-order chi connectivity index (χ0) is 22.9. The quantitative estimate of drug-likeness (QED) is 0.344. The Hall–Kier alpha value is -2.19. The molecule has 176 valence electrons. The van der Waals surface area contributed by atoms with Crippen molar-refractivity contribution in [3.63, 3.8) is 0 Å². The fourth-order valence-electron chi connectivity index (χ4n) is 5.76. The molecule has 2 amide bonds. The molecule has 5 atom stereocenters. The number of nitrogens with zero attached hydrogens (tertiary/aromatic N) is 2. The van der Waals surface area contributed by atoms with E-state index in [-0.39, 0.29) is 25.0 Å². The van der Waals surface area contributed by atoms with E-state index < -0.39 is 35.0 Å². The molecule has 2 fully saturated rings. The summed E-state index contributed by atoms with van der Waals surface area (Å²) in [5.41, 5.74) is -2.22. The highest BCUT2D eigenvalue weighted by Gasteiger charge is 2.74. The van der Waals surface area contributed by atoms with E-state index in [2.05, 4.69) is 6.92 Å². The van der Waals surface area contributed by atoms with Crippen LogP contribution < -0.4 is 0 Å².